The van der Waals surface area contributed by atoms with Crippen molar-refractivity contribution in [1.29, 1.82) is 0 Å². The fourth-order valence-electron chi connectivity index (χ4n) is 3.70. The predicted octanol–water partition coefficient (Wildman–Crippen LogP) is 4.66. The van der Waals surface area contributed by atoms with Crippen LogP contribution in [0.1, 0.15) is 35.3 Å². The van der Waals surface area contributed by atoms with Gasteiger partial charge >= 0.3 is 0 Å². The van der Waals surface area contributed by atoms with Crippen molar-refractivity contribution in [1.82, 2.24) is 4.90 Å². The molecule has 0 N–H and O–H groups in total. The molecule has 0 saturated carbocycles. The van der Waals surface area contributed by atoms with Crippen LogP contribution >= 0.6 is 0 Å². The maximum absolute atomic E-state index is 13.2. The summed E-state index contributed by atoms with van der Waals surface area (Å²) in [4.78, 5) is 29.2. The van der Waals surface area contributed by atoms with Crippen LogP contribution in [-0.4, -0.2) is 29.4 Å². The summed E-state index contributed by atoms with van der Waals surface area (Å²) < 4.78 is 5.51. The monoisotopic (exact) mass is 414 g/mol. The highest BCUT2D eigenvalue weighted by Crippen LogP contribution is 2.32. The van der Waals surface area contributed by atoms with E-state index in [1.807, 2.05) is 97.6 Å². The van der Waals surface area contributed by atoms with Gasteiger partial charge in [0.05, 0.1) is 12.2 Å². The lowest BCUT2D eigenvalue weighted by atomic mass is 10.1. The summed E-state index contributed by atoms with van der Waals surface area (Å²) in [5, 5.41) is 0. The molecule has 0 aromatic heterocycles. The molecule has 1 aliphatic heterocycles. The maximum atomic E-state index is 13.2. The lowest BCUT2D eigenvalue weighted by Crippen LogP contribution is -2.38. The molecule has 0 fully saturated rings. The van der Waals surface area contributed by atoms with Gasteiger partial charge in [-0.05, 0) is 49.2 Å². The minimum atomic E-state index is -0.0762. The molecule has 1 heterocycles. The van der Waals surface area contributed by atoms with Gasteiger partial charge in [-0.2, -0.15) is 0 Å². The molecule has 0 unspecified atom stereocenters. The van der Waals surface area contributed by atoms with E-state index in [-0.39, 0.29) is 24.5 Å². The summed E-state index contributed by atoms with van der Waals surface area (Å²) in [5.41, 5.74) is 3.47. The summed E-state index contributed by atoms with van der Waals surface area (Å²) in [6.07, 6.45) is 0. The molecule has 0 aliphatic carbocycles. The normalized spacial score (nSPS) is 13.0. The first-order valence-corrected chi connectivity index (χ1v) is 10.5. The number of carbonyl (C=O) groups excluding carboxylic acids is 2. The third-order valence-corrected chi connectivity index (χ3v) is 5.43. The van der Waals surface area contributed by atoms with Gasteiger partial charge < -0.3 is 14.5 Å². The summed E-state index contributed by atoms with van der Waals surface area (Å²) in [7, 11) is 0. The van der Waals surface area contributed by atoms with Crippen molar-refractivity contribution in [3.05, 3.63) is 95.6 Å². The Hall–Kier alpha value is -3.60. The summed E-state index contributed by atoms with van der Waals surface area (Å²) in [6.45, 7) is 5.09. The average Bonchev–Trinajstić information content (AvgIpc) is 2.80. The Labute approximate surface area is 182 Å². The van der Waals surface area contributed by atoms with Crippen LogP contribution in [0.15, 0.2) is 78.9 Å². The Bertz CT molecular complexity index is 1060. The summed E-state index contributed by atoms with van der Waals surface area (Å²) in [5.74, 6) is 0.633. The van der Waals surface area contributed by atoms with E-state index in [1.165, 1.54) is 0 Å². The molecular weight excluding hydrogens is 388 g/mol. The number of para-hydroxylation sites is 2. The highest BCUT2D eigenvalue weighted by molar-refractivity contribution is 5.98. The first-order valence-electron chi connectivity index (χ1n) is 10.5. The number of nitrogens with zero attached hydrogens (tertiary/aromatic N) is 2. The van der Waals surface area contributed by atoms with Crippen LogP contribution in [0.3, 0.4) is 0 Å². The number of carbonyl (C=O) groups is 2. The van der Waals surface area contributed by atoms with Crippen LogP contribution in [0.25, 0.3) is 0 Å². The van der Waals surface area contributed by atoms with E-state index in [0.717, 1.165) is 16.8 Å². The van der Waals surface area contributed by atoms with Crippen LogP contribution in [-0.2, 0) is 17.9 Å². The van der Waals surface area contributed by atoms with Crippen molar-refractivity contribution >= 4 is 17.5 Å². The molecule has 158 valence electrons. The van der Waals surface area contributed by atoms with E-state index in [1.54, 1.807) is 4.90 Å². The molecule has 2 amide bonds. The van der Waals surface area contributed by atoms with Crippen molar-refractivity contribution in [3.63, 3.8) is 0 Å². The zero-order valence-electron chi connectivity index (χ0n) is 17.8. The second-order valence-electron chi connectivity index (χ2n) is 7.95. The lowest BCUT2D eigenvalue weighted by Gasteiger charge is -2.29. The Morgan fingerprint density at radius 3 is 2.32 bits per heavy atom. The molecule has 3 aromatic carbocycles. The fourth-order valence-corrected chi connectivity index (χ4v) is 3.70. The molecule has 1 aliphatic rings. The van der Waals surface area contributed by atoms with Crippen molar-refractivity contribution < 1.29 is 14.3 Å². The van der Waals surface area contributed by atoms with E-state index in [2.05, 4.69) is 0 Å². The number of benzene rings is 3. The third-order valence-electron chi connectivity index (χ3n) is 5.43. The number of fused-ring (bicyclic) bond motifs is 1. The van der Waals surface area contributed by atoms with Gasteiger partial charge in [-0.25, -0.2) is 0 Å². The molecule has 0 bridgehead atoms. The first-order chi connectivity index (χ1) is 15.0. The van der Waals surface area contributed by atoms with Gasteiger partial charge in [0.1, 0.15) is 5.75 Å². The molecule has 4 rings (SSSR count). The Morgan fingerprint density at radius 1 is 0.935 bits per heavy atom. The Morgan fingerprint density at radius 2 is 1.61 bits per heavy atom. The van der Waals surface area contributed by atoms with Crippen LogP contribution in [0.4, 0.5) is 5.69 Å². The largest absolute Gasteiger partial charge is 0.482 e. The van der Waals surface area contributed by atoms with Gasteiger partial charge in [-0.1, -0.05) is 54.6 Å². The topological polar surface area (TPSA) is 49.9 Å². The molecular formula is C26H26N2O3. The minimum absolute atomic E-state index is 0.00167. The summed E-state index contributed by atoms with van der Waals surface area (Å²) >= 11 is 0. The SMILES string of the molecule is CC(C)N(Cc1ccccc1)C(=O)c1ccc(CN2C(=O)COc3ccccc32)cc1. The molecule has 31 heavy (non-hydrogen) atoms. The minimum Gasteiger partial charge on any atom is -0.482 e. The van der Waals surface area contributed by atoms with Crippen molar-refractivity contribution in [2.75, 3.05) is 11.5 Å². The van der Waals surface area contributed by atoms with Gasteiger partial charge in [-0.3, -0.25) is 9.59 Å². The van der Waals surface area contributed by atoms with E-state index in [9.17, 15) is 9.59 Å². The van der Waals surface area contributed by atoms with Crippen LogP contribution in [0.5, 0.6) is 5.75 Å². The molecule has 0 atom stereocenters. The number of hydrogen-bond donors (Lipinski definition) is 0. The number of hydrogen-bond acceptors (Lipinski definition) is 3. The Balaban J connectivity index is 1.50. The van der Waals surface area contributed by atoms with Crippen LogP contribution in [0.2, 0.25) is 0 Å². The lowest BCUT2D eigenvalue weighted by molar-refractivity contribution is -0.121. The van der Waals surface area contributed by atoms with Gasteiger partial charge in [0.2, 0.25) is 0 Å². The van der Waals surface area contributed by atoms with E-state index >= 15 is 0 Å². The van der Waals surface area contributed by atoms with E-state index < -0.39 is 0 Å². The number of amides is 2. The predicted molar refractivity (Wildman–Crippen MR) is 121 cm³/mol. The zero-order chi connectivity index (χ0) is 21.8. The average molecular weight is 415 g/mol. The third kappa shape index (κ3) is 4.61. The quantitative estimate of drug-likeness (QED) is 0.589. The smallest absolute Gasteiger partial charge is 0.265 e. The number of ether oxygens (including phenoxy) is 1. The summed E-state index contributed by atoms with van der Waals surface area (Å²) in [6, 6.07) is 25.1. The van der Waals surface area contributed by atoms with Crippen molar-refractivity contribution in [2.45, 2.75) is 33.0 Å². The van der Waals surface area contributed by atoms with E-state index in [4.69, 9.17) is 4.74 Å². The van der Waals surface area contributed by atoms with Gasteiger partial charge in [-0.15, -0.1) is 0 Å². The van der Waals surface area contributed by atoms with Gasteiger partial charge in [0, 0.05) is 18.2 Å². The molecule has 5 nitrogen and oxygen atoms in total. The standard InChI is InChI=1S/C26H26N2O3/c1-19(2)27(16-20-8-4-3-5-9-20)26(30)22-14-12-21(13-15-22)17-28-23-10-6-7-11-24(23)31-18-25(28)29/h3-15,19H,16-18H2,1-2H3. The van der Waals surface area contributed by atoms with E-state index in [0.29, 0.717) is 24.4 Å². The Kier molecular flexibility index (Phi) is 6.03. The second-order valence-corrected chi connectivity index (χ2v) is 7.95. The molecule has 0 saturated heterocycles. The maximum Gasteiger partial charge on any atom is 0.265 e. The molecule has 0 radical (unpaired) electrons. The zero-order valence-corrected chi connectivity index (χ0v) is 17.8. The van der Waals surface area contributed by atoms with Gasteiger partial charge in [0.25, 0.3) is 11.8 Å². The van der Waals surface area contributed by atoms with Crippen molar-refractivity contribution in [2.24, 2.45) is 0 Å². The molecule has 0 spiro atoms. The van der Waals surface area contributed by atoms with Crippen LogP contribution < -0.4 is 9.64 Å². The number of anilines is 1. The highest BCUT2D eigenvalue weighted by atomic mass is 16.5. The first kappa shape index (κ1) is 20.7. The highest BCUT2D eigenvalue weighted by Gasteiger charge is 2.25. The number of rotatable bonds is 6. The van der Waals surface area contributed by atoms with Gasteiger partial charge in [0.15, 0.2) is 6.61 Å². The second kappa shape index (κ2) is 9.04. The molecule has 3 aromatic rings. The van der Waals surface area contributed by atoms with Crippen molar-refractivity contribution in [3.8, 4) is 5.75 Å². The molecule has 5 heteroatoms. The van der Waals surface area contributed by atoms with Crippen LogP contribution in [0, 0.1) is 0 Å². The fraction of sp³-hybridized carbons (Fsp3) is 0.231.